The number of benzene rings is 1. The normalized spacial score (nSPS) is 16.1. The summed E-state index contributed by atoms with van der Waals surface area (Å²) in [5.41, 5.74) is 1.12. The van der Waals surface area contributed by atoms with Crippen molar-refractivity contribution in [3.05, 3.63) is 29.6 Å². The molecule has 0 aliphatic carbocycles. The van der Waals surface area contributed by atoms with Crippen molar-refractivity contribution in [2.45, 2.75) is 39.3 Å². The van der Waals surface area contributed by atoms with Gasteiger partial charge in [0.1, 0.15) is 5.82 Å². The molecule has 0 saturated carbocycles. The summed E-state index contributed by atoms with van der Waals surface area (Å²) in [6.45, 7) is 8.34. The first-order valence-electron chi connectivity index (χ1n) is 7.07. The zero-order valence-electron chi connectivity index (χ0n) is 13.4. The molecule has 4 heteroatoms. The van der Waals surface area contributed by atoms with Gasteiger partial charge < -0.3 is 15.3 Å². The second kappa shape index (κ2) is 6.55. The van der Waals surface area contributed by atoms with Crippen LogP contribution in [0.2, 0.25) is 0 Å². The molecule has 0 radical (unpaired) electrons. The van der Waals surface area contributed by atoms with E-state index < -0.39 is 5.60 Å². The van der Waals surface area contributed by atoms with Gasteiger partial charge in [0.15, 0.2) is 0 Å². The van der Waals surface area contributed by atoms with E-state index in [1.165, 1.54) is 12.1 Å². The molecule has 0 heterocycles. The predicted octanol–water partition coefficient (Wildman–Crippen LogP) is 2.95. The highest BCUT2D eigenvalue weighted by Crippen LogP contribution is 2.26. The van der Waals surface area contributed by atoms with E-state index in [2.05, 4.69) is 5.32 Å². The third-order valence-electron chi connectivity index (χ3n) is 3.95. The summed E-state index contributed by atoms with van der Waals surface area (Å²) >= 11 is 0. The Kier molecular flexibility index (Phi) is 5.54. The van der Waals surface area contributed by atoms with E-state index >= 15 is 0 Å². The van der Waals surface area contributed by atoms with Crippen LogP contribution in [0.3, 0.4) is 0 Å². The van der Waals surface area contributed by atoms with Gasteiger partial charge in [0.25, 0.3) is 0 Å². The molecule has 0 saturated heterocycles. The fourth-order valence-electron chi connectivity index (χ4n) is 1.94. The Morgan fingerprint density at radius 1 is 1.30 bits per heavy atom. The Morgan fingerprint density at radius 3 is 2.40 bits per heavy atom. The van der Waals surface area contributed by atoms with Crippen molar-refractivity contribution >= 4 is 5.69 Å². The van der Waals surface area contributed by atoms with Crippen LogP contribution >= 0.6 is 0 Å². The van der Waals surface area contributed by atoms with Crippen LogP contribution in [-0.2, 0) is 0 Å². The molecule has 3 nitrogen and oxygen atoms in total. The molecule has 0 aromatic heterocycles. The Balaban J connectivity index is 2.85. The Bertz CT molecular complexity index is 444. The van der Waals surface area contributed by atoms with Gasteiger partial charge in [-0.05, 0) is 37.5 Å². The van der Waals surface area contributed by atoms with Gasteiger partial charge in [-0.1, -0.05) is 19.9 Å². The van der Waals surface area contributed by atoms with Gasteiger partial charge in [-0.2, -0.15) is 0 Å². The van der Waals surface area contributed by atoms with Crippen LogP contribution < -0.4 is 10.2 Å². The number of anilines is 1. The van der Waals surface area contributed by atoms with Gasteiger partial charge in [-0.15, -0.1) is 0 Å². The smallest absolute Gasteiger partial charge is 0.125 e. The fraction of sp³-hybridized carbons (Fsp3) is 0.625. The molecular weight excluding hydrogens is 255 g/mol. The second-order valence-electron chi connectivity index (χ2n) is 6.21. The quantitative estimate of drug-likeness (QED) is 0.842. The number of nitrogens with one attached hydrogen (secondary N) is 1. The van der Waals surface area contributed by atoms with Crippen LogP contribution in [0.5, 0.6) is 0 Å². The molecule has 0 spiro atoms. The lowest BCUT2D eigenvalue weighted by atomic mass is 9.92. The van der Waals surface area contributed by atoms with E-state index in [9.17, 15) is 9.50 Å². The Labute approximate surface area is 121 Å². The van der Waals surface area contributed by atoms with E-state index in [1.807, 2.05) is 46.7 Å². The average molecular weight is 282 g/mol. The topological polar surface area (TPSA) is 35.5 Å². The largest absolute Gasteiger partial charge is 0.389 e. The van der Waals surface area contributed by atoms with Crippen molar-refractivity contribution < 1.29 is 9.50 Å². The van der Waals surface area contributed by atoms with Gasteiger partial charge in [0.2, 0.25) is 0 Å². The van der Waals surface area contributed by atoms with Gasteiger partial charge in [0, 0.05) is 32.4 Å². The molecule has 0 fully saturated rings. The highest BCUT2D eigenvalue weighted by molar-refractivity contribution is 5.54. The van der Waals surface area contributed by atoms with Crippen molar-refractivity contribution in [2.75, 3.05) is 25.5 Å². The third-order valence-corrected chi connectivity index (χ3v) is 3.95. The second-order valence-corrected chi connectivity index (χ2v) is 6.21. The molecular formula is C16H27FN2O. The summed E-state index contributed by atoms with van der Waals surface area (Å²) in [4.78, 5) is 1.90. The number of aliphatic hydroxyl groups is 1. The summed E-state index contributed by atoms with van der Waals surface area (Å²) in [5.74, 6) is -0.0671. The number of nitrogens with zero attached hydrogens (tertiary/aromatic N) is 1. The first-order valence-corrected chi connectivity index (χ1v) is 7.07. The molecule has 1 aromatic rings. The molecule has 0 aliphatic heterocycles. The number of halogens is 1. The first kappa shape index (κ1) is 16.9. The highest BCUT2D eigenvalue weighted by Gasteiger charge is 2.25. The zero-order valence-corrected chi connectivity index (χ0v) is 13.4. The molecule has 1 rings (SSSR count). The highest BCUT2D eigenvalue weighted by atomic mass is 19.1. The molecule has 114 valence electrons. The molecule has 2 unspecified atom stereocenters. The average Bonchev–Trinajstić information content (AvgIpc) is 2.35. The third kappa shape index (κ3) is 4.18. The van der Waals surface area contributed by atoms with Crippen molar-refractivity contribution in [3.8, 4) is 0 Å². The van der Waals surface area contributed by atoms with Gasteiger partial charge >= 0.3 is 0 Å². The van der Waals surface area contributed by atoms with Gasteiger partial charge in [0.05, 0.1) is 5.60 Å². The van der Waals surface area contributed by atoms with Crippen LogP contribution in [0.4, 0.5) is 10.1 Å². The van der Waals surface area contributed by atoms with Gasteiger partial charge in [-0.25, -0.2) is 4.39 Å². The van der Waals surface area contributed by atoms with E-state index in [0.717, 1.165) is 11.3 Å². The van der Waals surface area contributed by atoms with Gasteiger partial charge in [-0.3, -0.25) is 0 Å². The molecule has 0 bridgehead atoms. The lowest BCUT2D eigenvalue weighted by molar-refractivity contribution is 0.0122. The van der Waals surface area contributed by atoms with E-state index in [4.69, 9.17) is 0 Å². The van der Waals surface area contributed by atoms with Crippen molar-refractivity contribution in [2.24, 2.45) is 5.92 Å². The minimum atomic E-state index is -0.757. The maximum atomic E-state index is 13.4. The molecule has 20 heavy (non-hydrogen) atoms. The van der Waals surface area contributed by atoms with E-state index in [-0.39, 0.29) is 17.8 Å². The summed E-state index contributed by atoms with van der Waals surface area (Å²) in [5, 5.41) is 13.6. The van der Waals surface area contributed by atoms with Crippen molar-refractivity contribution in [1.29, 1.82) is 0 Å². The lowest BCUT2D eigenvalue weighted by Crippen LogP contribution is -2.43. The van der Waals surface area contributed by atoms with Crippen LogP contribution in [0.15, 0.2) is 18.2 Å². The monoisotopic (exact) mass is 282 g/mol. The summed E-state index contributed by atoms with van der Waals surface area (Å²) in [7, 11) is 3.80. The summed E-state index contributed by atoms with van der Waals surface area (Å²) < 4.78 is 13.4. The summed E-state index contributed by atoms with van der Waals surface area (Å²) in [6, 6.07) is 4.85. The standard InChI is InChI=1S/C16H27FN2O/c1-11(2)16(4,20)10-18-12(3)14-8-7-13(17)9-15(14)19(5)6/h7-9,11-12,18,20H,10H2,1-6H3. The number of rotatable bonds is 6. The van der Waals surface area contributed by atoms with Crippen LogP contribution in [0.1, 0.15) is 39.3 Å². The SMILES string of the molecule is CC(NCC(C)(O)C(C)C)c1ccc(F)cc1N(C)C. The molecule has 0 aliphatic rings. The first-order chi connectivity index (χ1) is 9.15. The summed E-state index contributed by atoms with van der Waals surface area (Å²) in [6.07, 6.45) is 0. The zero-order chi connectivity index (χ0) is 15.5. The maximum Gasteiger partial charge on any atom is 0.125 e. The number of hydrogen-bond acceptors (Lipinski definition) is 3. The van der Waals surface area contributed by atoms with Crippen molar-refractivity contribution in [3.63, 3.8) is 0 Å². The molecule has 1 aromatic carbocycles. The van der Waals surface area contributed by atoms with Crippen LogP contribution in [0, 0.1) is 11.7 Å². The van der Waals surface area contributed by atoms with Crippen LogP contribution in [-0.4, -0.2) is 31.3 Å². The minimum Gasteiger partial charge on any atom is -0.389 e. The van der Waals surface area contributed by atoms with E-state index in [1.54, 1.807) is 6.07 Å². The molecule has 2 N–H and O–H groups in total. The fourth-order valence-corrected chi connectivity index (χ4v) is 1.94. The molecule has 0 amide bonds. The predicted molar refractivity (Wildman–Crippen MR) is 82.6 cm³/mol. The molecule has 2 atom stereocenters. The minimum absolute atomic E-state index is 0.0400. The Hall–Kier alpha value is -1.13. The Morgan fingerprint density at radius 2 is 1.90 bits per heavy atom. The van der Waals surface area contributed by atoms with Crippen molar-refractivity contribution in [1.82, 2.24) is 5.32 Å². The van der Waals surface area contributed by atoms with Crippen LogP contribution in [0.25, 0.3) is 0 Å². The maximum absolute atomic E-state index is 13.4. The number of hydrogen-bond donors (Lipinski definition) is 2. The lowest BCUT2D eigenvalue weighted by Gasteiger charge is -2.30. The van der Waals surface area contributed by atoms with E-state index in [0.29, 0.717) is 6.54 Å².